The van der Waals surface area contributed by atoms with Crippen LogP contribution in [-0.4, -0.2) is 22.9 Å². The lowest BCUT2D eigenvalue weighted by Crippen LogP contribution is -2.41. The Morgan fingerprint density at radius 1 is 1.11 bits per heavy atom. The molecule has 1 amide bonds. The molecule has 2 nitrogen and oxygen atoms in total. The van der Waals surface area contributed by atoms with E-state index in [2.05, 4.69) is 0 Å². The quantitative estimate of drug-likeness (QED) is 0.741. The molecule has 4 heteroatoms. The minimum Gasteiger partial charge on any atom is -0.334 e. The Morgan fingerprint density at radius 3 is 2.00 bits per heavy atom. The summed E-state index contributed by atoms with van der Waals surface area (Å²) in [6.45, 7) is 7.98. The maximum absolute atomic E-state index is 12.2. The van der Waals surface area contributed by atoms with Crippen LogP contribution in [0.5, 0.6) is 0 Å². The molecule has 0 unspecified atom stereocenters. The van der Waals surface area contributed by atoms with Crippen molar-refractivity contribution in [3.8, 4) is 0 Å². The summed E-state index contributed by atoms with van der Waals surface area (Å²) < 4.78 is 0. The van der Waals surface area contributed by atoms with Crippen molar-refractivity contribution >= 4 is 35.2 Å². The van der Waals surface area contributed by atoms with E-state index in [4.69, 9.17) is 23.2 Å². The highest BCUT2D eigenvalue weighted by Gasteiger charge is 2.17. The lowest BCUT2D eigenvalue weighted by Gasteiger charge is -2.29. The van der Waals surface area contributed by atoms with Gasteiger partial charge < -0.3 is 4.90 Å². The fourth-order valence-electron chi connectivity index (χ4n) is 2.02. The van der Waals surface area contributed by atoms with Crippen molar-refractivity contribution in [2.45, 2.75) is 39.8 Å². The average molecular weight is 300 g/mol. The summed E-state index contributed by atoms with van der Waals surface area (Å²) in [4.78, 5) is 14.0. The van der Waals surface area contributed by atoms with Crippen molar-refractivity contribution in [3.63, 3.8) is 0 Å². The normalized spacial score (nSPS) is 11.6. The summed E-state index contributed by atoms with van der Waals surface area (Å²) in [5, 5.41) is 1.08. The number of carbonyl (C=O) groups is 1. The van der Waals surface area contributed by atoms with Crippen LogP contribution in [0.3, 0.4) is 0 Å². The number of amides is 1. The van der Waals surface area contributed by atoms with Gasteiger partial charge in [0.05, 0.1) is 0 Å². The van der Waals surface area contributed by atoms with Gasteiger partial charge in [-0.05, 0) is 45.9 Å². The zero-order chi connectivity index (χ0) is 14.6. The van der Waals surface area contributed by atoms with Gasteiger partial charge >= 0.3 is 0 Å². The van der Waals surface area contributed by atoms with Crippen LogP contribution in [0.15, 0.2) is 24.3 Å². The third-order valence-electron chi connectivity index (χ3n) is 2.76. The van der Waals surface area contributed by atoms with Crippen molar-refractivity contribution in [3.05, 3.63) is 39.9 Å². The Bertz CT molecular complexity index is 453. The number of hydrogen-bond acceptors (Lipinski definition) is 1. The predicted octanol–water partition coefficient (Wildman–Crippen LogP) is 4.65. The molecule has 0 saturated carbocycles. The average Bonchev–Trinajstić information content (AvgIpc) is 2.27. The van der Waals surface area contributed by atoms with E-state index in [1.54, 1.807) is 29.2 Å². The minimum atomic E-state index is -0.0408. The summed E-state index contributed by atoms with van der Waals surface area (Å²) in [6.07, 6.45) is 3.19. The van der Waals surface area contributed by atoms with Crippen molar-refractivity contribution < 1.29 is 4.79 Å². The first-order valence-electron chi connectivity index (χ1n) is 6.29. The van der Waals surface area contributed by atoms with E-state index >= 15 is 0 Å². The Hall–Kier alpha value is -0.990. The van der Waals surface area contributed by atoms with Crippen LogP contribution >= 0.6 is 23.2 Å². The van der Waals surface area contributed by atoms with Crippen molar-refractivity contribution in [1.82, 2.24) is 4.90 Å². The first-order chi connectivity index (χ1) is 8.84. The van der Waals surface area contributed by atoms with Crippen LogP contribution in [0, 0.1) is 0 Å². The van der Waals surface area contributed by atoms with E-state index in [-0.39, 0.29) is 18.0 Å². The molecule has 0 aromatic heterocycles. The standard InChI is InChI=1S/C15H19Cl2NO/c1-10(2)18(11(3)4)15(19)9-8-12-13(16)6-5-7-14(12)17/h5-11H,1-4H3. The molecule has 0 N–H and O–H groups in total. The van der Waals surface area contributed by atoms with Gasteiger partial charge in [0.2, 0.25) is 5.91 Å². The molecule has 1 rings (SSSR count). The molecule has 1 aromatic rings. The fraction of sp³-hybridized carbons (Fsp3) is 0.400. The second-order valence-electron chi connectivity index (χ2n) is 4.90. The highest BCUT2D eigenvalue weighted by molar-refractivity contribution is 6.37. The van der Waals surface area contributed by atoms with Gasteiger partial charge in [0.15, 0.2) is 0 Å². The molecule has 1 aromatic carbocycles. The van der Waals surface area contributed by atoms with Gasteiger partial charge in [0.1, 0.15) is 0 Å². The molecule has 19 heavy (non-hydrogen) atoms. The minimum absolute atomic E-state index is 0.0408. The molecular formula is C15H19Cl2NO. The first-order valence-corrected chi connectivity index (χ1v) is 7.04. The molecule has 0 spiro atoms. The van der Waals surface area contributed by atoms with Gasteiger partial charge in [-0.1, -0.05) is 29.3 Å². The molecular weight excluding hydrogens is 281 g/mol. The monoisotopic (exact) mass is 299 g/mol. The van der Waals surface area contributed by atoms with E-state index in [1.807, 2.05) is 27.7 Å². The maximum Gasteiger partial charge on any atom is 0.247 e. The van der Waals surface area contributed by atoms with E-state index in [1.165, 1.54) is 6.08 Å². The molecule has 0 fully saturated rings. The zero-order valence-electron chi connectivity index (χ0n) is 11.7. The molecule has 0 heterocycles. The smallest absolute Gasteiger partial charge is 0.247 e. The van der Waals surface area contributed by atoms with Gasteiger partial charge in [-0.2, -0.15) is 0 Å². The molecule has 0 bridgehead atoms. The maximum atomic E-state index is 12.2. The van der Waals surface area contributed by atoms with Crippen LogP contribution in [0.2, 0.25) is 10.0 Å². The molecule has 104 valence electrons. The summed E-state index contributed by atoms with van der Waals surface area (Å²) in [6, 6.07) is 5.58. The SMILES string of the molecule is CC(C)N(C(=O)C=Cc1c(Cl)cccc1Cl)C(C)C. The van der Waals surface area contributed by atoms with E-state index < -0.39 is 0 Å². The fourth-order valence-corrected chi connectivity index (χ4v) is 2.54. The number of nitrogens with zero attached hydrogens (tertiary/aromatic N) is 1. The van der Waals surface area contributed by atoms with Crippen molar-refractivity contribution in [1.29, 1.82) is 0 Å². The lowest BCUT2D eigenvalue weighted by molar-refractivity contribution is -0.129. The number of hydrogen-bond donors (Lipinski definition) is 0. The molecule has 0 radical (unpaired) electrons. The van der Waals surface area contributed by atoms with Crippen molar-refractivity contribution in [2.75, 3.05) is 0 Å². The van der Waals surface area contributed by atoms with Crippen LogP contribution in [0.4, 0.5) is 0 Å². The topological polar surface area (TPSA) is 20.3 Å². The van der Waals surface area contributed by atoms with Gasteiger partial charge in [-0.15, -0.1) is 0 Å². The third kappa shape index (κ3) is 4.26. The second kappa shape index (κ2) is 6.97. The van der Waals surface area contributed by atoms with Crippen molar-refractivity contribution in [2.24, 2.45) is 0 Å². The predicted molar refractivity (Wildman–Crippen MR) is 82.6 cm³/mol. The summed E-state index contributed by atoms with van der Waals surface area (Å²) in [7, 11) is 0. The molecule has 0 atom stereocenters. The Labute approximate surface area is 125 Å². The van der Waals surface area contributed by atoms with Crippen LogP contribution in [-0.2, 0) is 4.79 Å². The summed E-state index contributed by atoms with van der Waals surface area (Å²) in [5.74, 6) is -0.0408. The van der Waals surface area contributed by atoms with E-state index in [0.717, 1.165) is 0 Å². The number of benzene rings is 1. The highest BCUT2D eigenvalue weighted by atomic mass is 35.5. The summed E-state index contributed by atoms with van der Waals surface area (Å²) >= 11 is 12.1. The Balaban J connectivity index is 2.95. The van der Waals surface area contributed by atoms with Crippen LogP contribution < -0.4 is 0 Å². The second-order valence-corrected chi connectivity index (χ2v) is 5.72. The number of carbonyl (C=O) groups excluding carboxylic acids is 1. The summed E-state index contributed by atoms with van der Waals surface area (Å²) in [5.41, 5.74) is 0.673. The van der Waals surface area contributed by atoms with Crippen LogP contribution in [0.1, 0.15) is 33.3 Å². The van der Waals surface area contributed by atoms with Gasteiger partial charge in [-0.25, -0.2) is 0 Å². The Kier molecular flexibility index (Phi) is 5.89. The molecule has 0 saturated heterocycles. The number of rotatable bonds is 4. The van der Waals surface area contributed by atoms with Gasteiger partial charge in [-0.3, -0.25) is 4.79 Å². The van der Waals surface area contributed by atoms with Crippen LogP contribution in [0.25, 0.3) is 6.08 Å². The van der Waals surface area contributed by atoms with Gasteiger partial charge in [0, 0.05) is 33.8 Å². The zero-order valence-corrected chi connectivity index (χ0v) is 13.2. The van der Waals surface area contributed by atoms with E-state index in [9.17, 15) is 4.79 Å². The third-order valence-corrected chi connectivity index (χ3v) is 3.42. The Morgan fingerprint density at radius 2 is 1.58 bits per heavy atom. The van der Waals surface area contributed by atoms with Gasteiger partial charge in [0.25, 0.3) is 0 Å². The lowest BCUT2D eigenvalue weighted by atomic mass is 10.2. The largest absolute Gasteiger partial charge is 0.334 e. The van der Waals surface area contributed by atoms with E-state index in [0.29, 0.717) is 15.6 Å². The highest BCUT2D eigenvalue weighted by Crippen LogP contribution is 2.25. The molecule has 0 aliphatic carbocycles. The number of halogens is 2. The molecule has 0 aliphatic heterocycles. The first kappa shape index (κ1) is 16.1. The molecule has 0 aliphatic rings.